The molecule has 0 aliphatic heterocycles. The topological polar surface area (TPSA) is 58.2 Å². The van der Waals surface area contributed by atoms with Gasteiger partial charge < -0.3 is 10.6 Å². The van der Waals surface area contributed by atoms with Crippen LogP contribution in [0.2, 0.25) is 0 Å². The Morgan fingerprint density at radius 2 is 2.10 bits per heavy atom. The summed E-state index contributed by atoms with van der Waals surface area (Å²) in [5, 5.41) is 6.28. The van der Waals surface area contributed by atoms with Gasteiger partial charge in [-0.1, -0.05) is 6.92 Å². The number of benzene rings is 1. The van der Waals surface area contributed by atoms with Crippen molar-refractivity contribution in [3.05, 3.63) is 29.3 Å². The van der Waals surface area contributed by atoms with Crippen LogP contribution in [-0.4, -0.2) is 34.7 Å². The van der Waals surface area contributed by atoms with Crippen molar-refractivity contribution in [3.8, 4) is 0 Å². The molecule has 0 saturated carbocycles. The quantitative estimate of drug-likeness (QED) is 0.776. The normalized spacial score (nSPS) is 13.5. The molecule has 1 aromatic rings. The van der Waals surface area contributed by atoms with Crippen LogP contribution in [0.15, 0.2) is 18.2 Å². The molecular formula is C16H26N2O2S. The van der Waals surface area contributed by atoms with Gasteiger partial charge in [-0.2, -0.15) is 0 Å². The van der Waals surface area contributed by atoms with Gasteiger partial charge in [-0.15, -0.1) is 0 Å². The van der Waals surface area contributed by atoms with Gasteiger partial charge in [0, 0.05) is 46.6 Å². The van der Waals surface area contributed by atoms with Crippen LogP contribution in [0.5, 0.6) is 0 Å². The van der Waals surface area contributed by atoms with Gasteiger partial charge in [-0.25, -0.2) is 0 Å². The number of carbonyl (C=O) groups is 1. The van der Waals surface area contributed by atoms with Crippen LogP contribution in [-0.2, 0) is 10.8 Å². The van der Waals surface area contributed by atoms with Crippen molar-refractivity contribution in [2.45, 2.75) is 39.7 Å². The van der Waals surface area contributed by atoms with E-state index < -0.39 is 10.8 Å². The molecule has 1 aromatic carbocycles. The van der Waals surface area contributed by atoms with Gasteiger partial charge in [-0.3, -0.25) is 9.00 Å². The lowest BCUT2D eigenvalue weighted by atomic mass is 10.1. The Kier molecular flexibility index (Phi) is 7.43. The molecule has 2 unspecified atom stereocenters. The summed E-state index contributed by atoms with van der Waals surface area (Å²) in [6, 6.07) is 5.72. The molecule has 0 heterocycles. The average Bonchev–Trinajstić information content (AvgIpc) is 2.43. The molecule has 0 bridgehead atoms. The molecule has 1 amide bonds. The van der Waals surface area contributed by atoms with E-state index in [2.05, 4.69) is 17.6 Å². The van der Waals surface area contributed by atoms with Crippen LogP contribution in [0, 0.1) is 6.92 Å². The lowest BCUT2D eigenvalue weighted by molar-refractivity contribution is 0.0939. The van der Waals surface area contributed by atoms with Gasteiger partial charge in [0.25, 0.3) is 5.91 Å². The zero-order valence-electron chi connectivity index (χ0n) is 13.4. The molecule has 1 rings (SSSR count). The first-order valence-corrected chi connectivity index (χ1v) is 9.12. The van der Waals surface area contributed by atoms with E-state index in [1.54, 1.807) is 6.26 Å². The van der Waals surface area contributed by atoms with Crippen LogP contribution in [0.1, 0.15) is 42.6 Å². The molecule has 4 nitrogen and oxygen atoms in total. The van der Waals surface area contributed by atoms with Gasteiger partial charge in [-0.05, 0) is 50.5 Å². The Bertz CT molecular complexity index is 503. The molecule has 0 aliphatic carbocycles. The highest BCUT2D eigenvalue weighted by Crippen LogP contribution is 2.16. The van der Waals surface area contributed by atoms with Crippen molar-refractivity contribution in [1.29, 1.82) is 0 Å². The Labute approximate surface area is 130 Å². The third-order valence-corrected chi connectivity index (χ3v) is 4.08. The average molecular weight is 310 g/mol. The first kappa shape index (κ1) is 17.7. The Balaban J connectivity index is 2.62. The minimum Gasteiger partial charge on any atom is -0.385 e. The smallest absolute Gasteiger partial charge is 0.251 e. The van der Waals surface area contributed by atoms with E-state index in [-0.39, 0.29) is 11.9 Å². The Hall–Kier alpha value is -1.36. The first-order valence-electron chi connectivity index (χ1n) is 7.39. The van der Waals surface area contributed by atoms with E-state index in [9.17, 15) is 9.00 Å². The Morgan fingerprint density at radius 3 is 2.67 bits per heavy atom. The number of aryl methyl sites for hydroxylation is 1. The number of hydrogen-bond donors (Lipinski definition) is 2. The number of nitrogens with one attached hydrogen (secondary N) is 2. The maximum absolute atomic E-state index is 12.2. The van der Waals surface area contributed by atoms with Gasteiger partial charge in [0.2, 0.25) is 0 Å². The molecular weight excluding hydrogens is 284 g/mol. The zero-order chi connectivity index (χ0) is 15.8. The second-order valence-electron chi connectivity index (χ2n) is 5.40. The van der Waals surface area contributed by atoms with Crippen LogP contribution in [0.25, 0.3) is 0 Å². The molecule has 0 aliphatic rings. The summed E-state index contributed by atoms with van der Waals surface area (Å²) in [5.74, 6) is 0.537. The number of amides is 1. The molecule has 21 heavy (non-hydrogen) atoms. The van der Waals surface area contributed by atoms with Crippen molar-refractivity contribution in [1.82, 2.24) is 5.32 Å². The van der Waals surface area contributed by atoms with Gasteiger partial charge >= 0.3 is 0 Å². The van der Waals surface area contributed by atoms with E-state index in [0.29, 0.717) is 11.3 Å². The van der Waals surface area contributed by atoms with Gasteiger partial charge in [0.1, 0.15) is 0 Å². The second kappa shape index (κ2) is 8.82. The summed E-state index contributed by atoms with van der Waals surface area (Å²) in [6.45, 7) is 6.99. The fraction of sp³-hybridized carbons (Fsp3) is 0.562. The highest BCUT2D eigenvalue weighted by Gasteiger charge is 2.11. The molecule has 0 saturated heterocycles. The van der Waals surface area contributed by atoms with Gasteiger partial charge in [0.15, 0.2) is 0 Å². The highest BCUT2D eigenvalue weighted by molar-refractivity contribution is 7.84. The lowest BCUT2D eigenvalue weighted by Gasteiger charge is -2.14. The zero-order valence-corrected chi connectivity index (χ0v) is 14.2. The van der Waals surface area contributed by atoms with Crippen molar-refractivity contribution < 1.29 is 9.00 Å². The molecule has 2 atom stereocenters. The standard InChI is InChI=1S/C16H26N2O2S/c1-5-9-17-15-7-6-14(11-12(15)2)16(19)18-13(3)8-10-21(4)20/h6-7,11,13,17H,5,8-10H2,1-4H3,(H,18,19). The summed E-state index contributed by atoms with van der Waals surface area (Å²) >= 11 is 0. The monoisotopic (exact) mass is 310 g/mol. The van der Waals surface area contributed by atoms with E-state index in [4.69, 9.17) is 0 Å². The predicted molar refractivity (Wildman–Crippen MR) is 90.4 cm³/mol. The fourth-order valence-electron chi connectivity index (χ4n) is 1.98. The number of hydrogen-bond acceptors (Lipinski definition) is 3. The van der Waals surface area contributed by atoms with Crippen molar-refractivity contribution in [2.75, 3.05) is 23.9 Å². The van der Waals surface area contributed by atoms with Crippen molar-refractivity contribution >= 4 is 22.4 Å². The van der Waals surface area contributed by atoms with E-state index in [0.717, 1.165) is 30.6 Å². The summed E-state index contributed by atoms with van der Waals surface area (Å²) in [6.07, 6.45) is 3.47. The summed E-state index contributed by atoms with van der Waals surface area (Å²) in [4.78, 5) is 12.2. The van der Waals surface area contributed by atoms with Crippen LogP contribution in [0.4, 0.5) is 5.69 Å². The van der Waals surface area contributed by atoms with Crippen LogP contribution < -0.4 is 10.6 Å². The molecule has 0 fully saturated rings. The third-order valence-electron chi connectivity index (χ3n) is 3.27. The molecule has 0 aromatic heterocycles. The Morgan fingerprint density at radius 1 is 1.38 bits per heavy atom. The second-order valence-corrected chi connectivity index (χ2v) is 6.95. The third kappa shape index (κ3) is 6.29. The number of rotatable bonds is 8. The van der Waals surface area contributed by atoms with Crippen molar-refractivity contribution in [2.24, 2.45) is 0 Å². The lowest BCUT2D eigenvalue weighted by Crippen LogP contribution is -2.33. The van der Waals surface area contributed by atoms with Crippen LogP contribution >= 0.6 is 0 Å². The first-order chi connectivity index (χ1) is 9.93. The van der Waals surface area contributed by atoms with E-state index in [1.165, 1.54) is 0 Å². The SMILES string of the molecule is CCCNc1ccc(C(=O)NC(C)CCS(C)=O)cc1C. The molecule has 0 radical (unpaired) electrons. The predicted octanol–water partition coefficient (Wildman–Crippen LogP) is 2.70. The molecule has 2 N–H and O–H groups in total. The number of carbonyl (C=O) groups excluding carboxylic acids is 1. The maximum Gasteiger partial charge on any atom is 0.251 e. The molecule has 5 heteroatoms. The largest absolute Gasteiger partial charge is 0.385 e. The minimum atomic E-state index is -0.815. The summed E-state index contributed by atoms with van der Waals surface area (Å²) in [5.41, 5.74) is 2.81. The maximum atomic E-state index is 12.2. The molecule has 118 valence electrons. The highest BCUT2D eigenvalue weighted by atomic mass is 32.2. The van der Waals surface area contributed by atoms with Crippen molar-refractivity contribution in [3.63, 3.8) is 0 Å². The van der Waals surface area contributed by atoms with E-state index in [1.807, 2.05) is 32.0 Å². The summed E-state index contributed by atoms with van der Waals surface area (Å²) < 4.78 is 11.1. The minimum absolute atomic E-state index is 0.0274. The summed E-state index contributed by atoms with van der Waals surface area (Å²) in [7, 11) is -0.815. The van der Waals surface area contributed by atoms with E-state index >= 15 is 0 Å². The fourth-order valence-corrected chi connectivity index (χ4v) is 2.67. The molecule has 0 spiro atoms. The van der Waals surface area contributed by atoms with Gasteiger partial charge in [0.05, 0.1) is 0 Å². The van der Waals surface area contributed by atoms with Crippen LogP contribution in [0.3, 0.4) is 0 Å². The number of anilines is 1.